The molecule has 7 nitrogen and oxygen atoms in total. The molecule has 0 unspecified atom stereocenters. The third kappa shape index (κ3) is 3.51. The van der Waals surface area contributed by atoms with Crippen molar-refractivity contribution in [1.29, 1.82) is 0 Å². The molecule has 0 saturated heterocycles. The molecular weight excluding hydrogens is 367 g/mol. The van der Waals surface area contributed by atoms with Crippen LogP contribution in [0.2, 0.25) is 10.2 Å². The van der Waals surface area contributed by atoms with Gasteiger partial charge in [0.1, 0.15) is 17.1 Å². The lowest BCUT2D eigenvalue weighted by Crippen LogP contribution is -2.35. The Balaban J connectivity index is 2.01. The van der Waals surface area contributed by atoms with Crippen molar-refractivity contribution in [2.75, 3.05) is 17.7 Å². The Morgan fingerprint density at radius 2 is 1.88 bits per heavy atom. The van der Waals surface area contributed by atoms with E-state index >= 15 is 0 Å². The van der Waals surface area contributed by atoms with E-state index in [0.29, 0.717) is 28.4 Å². The first-order chi connectivity index (χ1) is 11.9. The van der Waals surface area contributed by atoms with Crippen molar-refractivity contribution in [2.45, 2.75) is 24.7 Å². The molecule has 6 N–H and O–H groups in total. The number of aliphatic hydroxyl groups excluding tert-OH is 3. The van der Waals surface area contributed by atoms with Crippen LogP contribution in [0.5, 0.6) is 0 Å². The largest absolute Gasteiger partial charge is 0.396 e. The Morgan fingerprint density at radius 3 is 2.52 bits per heavy atom. The van der Waals surface area contributed by atoms with Crippen molar-refractivity contribution in [3.63, 3.8) is 0 Å². The van der Waals surface area contributed by atoms with Crippen molar-refractivity contribution in [1.82, 2.24) is 9.97 Å². The number of hydrogen-bond donors (Lipinski definition) is 5. The van der Waals surface area contributed by atoms with Gasteiger partial charge in [-0.2, -0.15) is 4.98 Å². The van der Waals surface area contributed by atoms with E-state index in [1.807, 2.05) is 0 Å². The molecule has 0 amide bonds. The fourth-order valence-corrected chi connectivity index (χ4v) is 3.59. The molecule has 1 fully saturated rings. The van der Waals surface area contributed by atoms with Gasteiger partial charge in [0.25, 0.3) is 0 Å². The summed E-state index contributed by atoms with van der Waals surface area (Å²) in [5, 5.41) is 33.2. The lowest BCUT2D eigenvalue weighted by atomic mass is 10.1. The van der Waals surface area contributed by atoms with Crippen LogP contribution in [-0.2, 0) is 0 Å². The third-order valence-electron chi connectivity index (χ3n) is 4.38. The second kappa shape index (κ2) is 7.31. The topological polar surface area (TPSA) is 125 Å². The van der Waals surface area contributed by atoms with Gasteiger partial charge in [0, 0.05) is 23.1 Å². The van der Waals surface area contributed by atoms with Crippen LogP contribution in [0, 0.1) is 5.92 Å². The van der Waals surface area contributed by atoms with E-state index in [9.17, 15) is 15.3 Å². The van der Waals surface area contributed by atoms with Gasteiger partial charge in [0.2, 0.25) is 5.95 Å². The number of hydrogen-bond acceptors (Lipinski definition) is 7. The van der Waals surface area contributed by atoms with E-state index in [-0.39, 0.29) is 17.7 Å². The molecule has 9 heteroatoms. The first kappa shape index (κ1) is 18.2. The average molecular weight is 385 g/mol. The highest BCUT2D eigenvalue weighted by Crippen LogP contribution is 2.39. The number of nitrogens with two attached hydrogens (primary N) is 1. The summed E-state index contributed by atoms with van der Waals surface area (Å²) in [6.07, 6.45) is -1.73. The molecule has 3 rings (SSSR count). The third-order valence-corrected chi connectivity index (χ3v) is 4.99. The van der Waals surface area contributed by atoms with Gasteiger partial charge in [-0.05, 0) is 12.5 Å². The van der Waals surface area contributed by atoms with E-state index in [2.05, 4.69) is 15.3 Å². The molecule has 0 aliphatic heterocycles. The van der Waals surface area contributed by atoms with Crippen molar-refractivity contribution >= 4 is 35.0 Å². The standard InChI is InChI=1S/C16H18Cl2N4O3/c17-9-4-2-1-3-8(9)11-14(18)21-16(19)22-15(11)20-10-5-7(6-23)12(24)13(10)25/h1-4,7,10,12-13,23-25H,5-6H2,(H3,19,20,21,22)/t7-,10-,12-,13+/m1/s1. The minimum atomic E-state index is -1.06. The Morgan fingerprint density at radius 1 is 1.16 bits per heavy atom. The van der Waals surface area contributed by atoms with Crippen LogP contribution in [0.15, 0.2) is 24.3 Å². The molecule has 0 radical (unpaired) electrons. The Hall–Kier alpha value is -1.64. The number of nitrogen functional groups attached to an aromatic ring is 1. The summed E-state index contributed by atoms with van der Waals surface area (Å²) in [5.74, 6) is -0.151. The molecule has 0 bridgehead atoms. The summed E-state index contributed by atoms with van der Waals surface area (Å²) < 4.78 is 0. The van der Waals surface area contributed by atoms with Gasteiger partial charge < -0.3 is 26.4 Å². The monoisotopic (exact) mass is 384 g/mol. The SMILES string of the molecule is Nc1nc(Cl)c(-c2ccccc2Cl)c(N[C@@H]2C[C@H](CO)[C@@H](O)[C@H]2O)n1. The number of nitrogens with zero attached hydrogens (tertiary/aromatic N) is 2. The molecule has 4 atom stereocenters. The minimum Gasteiger partial charge on any atom is -0.396 e. The first-order valence-corrected chi connectivity index (χ1v) is 8.49. The number of nitrogens with one attached hydrogen (secondary N) is 1. The summed E-state index contributed by atoms with van der Waals surface area (Å²) in [4.78, 5) is 8.16. The van der Waals surface area contributed by atoms with Gasteiger partial charge in [0.05, 0.1) is 17.7 Å². The van der Waals surface area contributed by atoms with Crippen LogP contribution in [-0.4, -0.2) is 50.1 Å². The molecular formula is C16H18Cl2N4O3. The molecule has 1 aliphatic carbocycles. The smallest absolute Gasteiger partial charge is 0.223 e. The molecule has 134 valence electrons. The highest BCUT2D eigenvalue weighted by molar-refractivity contribution is 6.36. The van der Waals surface area contributed by atoms with Crippen LogP contribution in [0.1, 0.15) is 6.42 Å². The maximum Gasteiger partial charge on any atom is 0.223 e. The number of benzene rings is 1. The maximum absolute atomic E-state index is 10.2. The number of aromatic nitrogens is 2. The van der Waals surface area contributed by atoms with E-state index in [1.54, 1.807) is 24.3 Å². The van der Waals surface area contributed by atoms with Crippen LogP contribution in [0.25, 0.3) is 11.1 Å². The van der Waals surface area contributed by atoms with Crippen molar-refractivity contribution in [3.05, 3.63) is 34.4 Å². The molecule has 1 saturated carbocycles. The highest BCUT2D eigenvalue weighted by Gasteiger charge is 2.41. The molecule has 1 aromatic carbocycles. The average Bonchev–Trinajstić information content (AvgIpc) is 2.83. The molecule has 1 aromatic heterocycles. The summed E-state index contributed by atoms with van der Waals surface area (Å²) in [6, 6.07) is 6.54. The molecule has 1 aliphatic rings. The normalized spacial score (nSPS) is 26.0. The highest BCUT2D eigenvalue weighted by atomic mass is 35.5. The van der Waals surface area contributed by atoms with Gasteiger partial charge in [-0.1, -0.05) is 41.4 Å². The van der Waals surface area contributed by atoms with Crippen LogP contribution >= 0.6 is 23.2 Å². The van der Waals surface area contributed by atoms with Crippen LogP contribution in [0.4, 0.5) is 11.8 Å². The van der Waals surface area contributed by atoms with Crippen molar-refractivity contribution < 1.29 is 15.3 Å². The van der Waals surface area contributed by atoms with Crippen molar-refractivity contribution in [3.8, 4) is 11.1 Å². The number of rotatable bonds is 4. The van der Waals surface area contributed by atoms with Crippen LogP contribution < -0.4 is 11.1 Å². The molecule has 25 heavy (non-hydrogen) atoms. The quantitative estimate of drug-likeness (QED) is 0.506. The maximum atomic E-state index is 10.2. The molecule has 2 aromatic rings. The molecule has 0 spiro atoms. The second-order valence-electron chi connectivity index (χ2n) is 5.99. The Kier molecular flexibility index (Phi) is 5.31. The number of halogens is 2. The van der Waals surface area contributed by atoms with E-state index < -0.39 is 24.2 Å². The summed E-state index contributed by atoms with van der Waals surface area (Å²) in [5.41, 5.74) is 6.77. The van der Waals surface area contributed by atoms with Gasteiger partial charge in [-0.25, -0.2) is 4.98 Å². The van der Waals surface area contributed by atoms with E-state index in [4.69, 9.17) is 28.9 Å². The predicted molar refractivity (Wildman–Crippen MR) is 96.5 cm³/mol. The molecule has 1 heterocycles. The summed E-state index contributed by atoms with van der Waals surface area (Å²) >= 11 is 12.5. The first-order valence-electron chi connectivity index (χ1n) is 7.73. The van der Waals surface area contributed by atoms with Gasteiger partial charge in [-0.15, -0.1) is 0 Å². The zero-order valence-corrected chi connectivity index (χ0v) is 14.6. The van der Waals surface area contributed by atoms with E-state index in [0.717, 1.165) is 0 Å². The van der Waals surface area contributed by atoms with Gasteiger partial charge in [0.15, 0.2) is 0 Å². The second-order valence-corrected chi connectivity index (χ2v) is 6.75. The van der Waals surface area contributed by atoms with Crippen LogP contribution in [0.3, 0.4) is 0 Å². The fraction of sp³-hybridized carbons (Fsp3) is 0.375. The lowest BCUT2D eigenvalue weighted by Gasteiger charge is -2.21. The zero-order valence-electron chi connectivity index (χ0n) is 13.1. The predicted octanol–water partition coefficient (Wildman–Crippen LogP) is 1.55. The van der Waals surface area contributed by atoms with Gasteiger partial charge in [-0.3, -0.25) is 0 Å². The van der Waals surface area contributed by atoms with Gasteiger partial charge >= 0.3 is 0 Å². The Labute approximate surface area is 154 Å². The number of aliphatic hydroxyl groups is 3. The zero-order chi connectivity index (χ0) is 18.1. The summed E-state index contributed by atoms with van der Waals surface area (Å²) in [7, 11) is 0. The minimum absolute atomic E-state index is 0.0324. The Bertz CT molecular complexity index is 777. The summed E-state index contributed by atoms with van der Waals surface area (Å²) in [6.45, 7) is -0.222. The number of anilines is 2. The fourth-order valence-electron chi connectivity index (χ4n) is 3.08. The lowest BCUT2D eigenvalue weighted by molar-refractivity contribution is 0.00446. The van der Waals surface area contributed by atoms with Crippen molar-refractivity contribution in [2.24, 2.45) is 5.92 Å². The van der Waals surface area contributed by atoms with E-state index in [1.165, 1.54) is 0 Å².